The molecule has 2 heteroatoms. The number of hydrogen-bond donors (Lipinski definition) is 0. The van der Waals surface area contributed by atoms with Crippen molar-refractivity contribution in [3.8, 4) is 6.07 Å². The van der Waals surface area contributed by atoms with E-state index >= 15 is 0 Å². The Labute approximate surface area is 96.5 Å². The molecule has 1 heterocycles. The monoisotopic (exact) mass is 212 g/mol. The van der Waals surface area contributed by atoms with Crippen LogP contribution in [0.3, 0.4) is 0 Å². The highest BCUT2D eigenvalue weighted by Gasteiger charge is 2.27. The highest BCUT2D eigenvalue weighted by atomic mass is 15.2. The van der Waals surface area contributed by atoms with Crippen LogP contribution in [0.25, 0.3) is 0 Å². The van der Waals surface area contributed by atoms with E-state index < -0.39 is 0 Å². The highest BCUT2D eigenvalue weighted by Crippen LogP contribution is 2.31. The number of fused-ring (bicyclic) bond motifs is 1. The average Bonchev–Trinajstić information content (AvgIpc) is 2.96. The van der Waals surface area contributed by atoms with Gasteiger partial charge in [-0.1, -0.05) is 18.9 Å². The molecular formula is C14H16N2. The SMILES string of the molecule is N#Cc1ccc2c(c1)CN(C1CCCC1)C2. The number of nitrogens with zero attached hydrogens (tertiary/aromatic N) is 2. The van der Waals surface area contributed by atoms with Crippen LogP contribution in [0.4, 0.5) is 0 Å². The second-order valence-corrected chi connectivity index (χ2v) is 4.94. The summed E-state index contributed by atoms with van der Waals surface area (Å²) in [7, 11) is 0. The molecule has 0 amide bonds. The van der Waals surface area contributed by atoms with Crippen molar-refractivity contribution in [1.29, 1.82) is 5.26 Å². The molecule has 1 aliphatic carbocycles. The van der Waals surface area contributed by atoms with Gasteiger partial charge in [-0.2, -0.15) is 5.26 Å². The van der Waals surface area contributed by atoms with Gasteiger partial charge in [-0.25, -0.2) is 0 Å². The molecule has 0 bridgehead atoms. The molecular weight excluding hydrogens is 196 g/mol. The van der Waals surface area contributed by atoms with Crippen molar-refractivity contribution in [3.63, 3.8) is 0 Å². The minimum Gasteiger partial charge on any atom is -0.292 e. The summed E-state index contributed by atoms with van der Waals surface area (Å²) < 4.78 is 0. The summed E-state index contributed by atoms with van der Waals surface area (Å²) in [6.07, 6.45) is 5.50. The Morgan fingerprint density at radius 3 is 2.62 bits per heavy atom. The summed E-state index contributed by atoms with van der Waals surface area (Å²) in [6, 6.07) is 9.14. The van der Waals surface area contributed by atoms with E-state index in [0.29, 0.717) is 0 Å². The maximum atomic E-state index is 8.88. The molecule has 0 atom stereocenters. The van der Waals surface area contributed by atoms with Gasteiger partial charge in [0.25, 0.3) is 0 Å². The molecule has 0 spiro atoms. The molecule has 1 saturated carbocycles. The zero-order chi connectivity index (χ0) is 11.0. The Morgan fingerprint density at radius 2 is 1.88 bits per heavy atom. The van der Waals surface area contributed by atoms with E-state index in [2.05, 4.69) is 23.1 Å². The first kappa shape index (κ1) is 9.86. The largest absolute Gasteiger partial charge is 0.292 e. The van der Waals surface area contributed by atoms with E-state index in [0.717, 1.165) is 24.7 Å². The van der Waals surface area contributed by atoms with Crippen molar-refractivity contribution < 1.29 is 0 Å². The first-order chi connectivity index (χ1) is 7.86. The van der Waals surface area contributed by atoms with Crippen molar-refractivity contribution in [2.75, 3.05) is 0 Å². The van der Waals surface area contributed by atoms with Gasteiger partial charge in [-0.3, -0.25) is 4.90 Å². The Kier molecular flexibility index (Phi) is 2.41. The van der Waals surface area contributed by atoms with Crippen molar-refractivity contribution in [2.45, 2.75) is 44.8 Å². The number of benzene rings is 1. The van der Waals surface area contributed by atoms with Crippen LogP contribution in [0.15, 0.2) is 18.2 Å². The molecule has 0 saturated heterocycles. The van der Waals surface area contributed by atoms with Crippen molar-refractivity contribution in [3.05, 3.63) is 34.9 Å². The van der Waals surface area contributed by atoms with Gasteiger partial charge in [0.1, 0.15) is 0 Å². The minimum atomic E-state index is 0.790. The first-order valence-corrected chi connectivity index (χ1v) is 6.13. The molecule has 1 aromatic carbocycles. The molecule has 16 heavy (non-hydrogen) atoms. The summed E-state index contributed by atoms with van der Waals surface area (Å²) in [5.41, 5.74) is 3.59. The summed E-state index contributed by atoms with van der Waals surface area (Å²) in [4.78, 5) is 2.58. The fourth-order valence-corrected chi connectivity index (χ4v) is 3.02. The lowest BCUT2D eigenvalue weighted by Gasteiger charge is -2.22. The van der Waals surface area contributed by atoms with Gasteiger partial charge in [-0.05, 0) is 36.1 Å². The molecule has 1 aliphatic heterocycles. The van der Waals surface area contributed by atoms with Crippen molar-refractivity contribution >= 4 is 0 Å². The molecule has 0 N–H and O–H groups in total. The summed E-state index contributed by atoms with van der Waals surface area (Å²) >= 11 is 0. The summed E-state index contributed by atoms with van der Waals surface area (Å²) in [5.74, 6) is 0. The zero-order valence-electron chi connectivity index (χ0n) is 9.45. The van der Waals surface area contributed by atoms with Crippen molar-refractivity contribution in [2.24, 2.45) is 0 Å². The van der Waals surface area contributed by atoms with Crippen LogP contribution in [0.1, 0.15) is 42.4 Å². The lowest BCUT2D eigenvalue weighted by atomic mass is 10.1. The molecule has 0 aromatic heterocycles. The van der Waals surface area contributed by atoms with E-state index in [-0.39, 0.29) is 0 Å². The van der Waals surface area contributed by atoms with Crippen LogP contribution >= 0.6 is 0 Å². The van der Waals surface area contributed by atoms with Gasteiger partial charge in [0, 0.05) is 19.1 Å². The summed E-state index contributed by atoms with van der Waals surface area (Å²) in [6.45, 7) is 2.14. The van der Waals surface area contributed by atoms with E-state index in [1.807, 2.05) is 6.07 Å². The first-order valence-electron chi connectivity index (χ1n) is 6.13. The molecule has 0 unspecified atom stereocenters. The van der Waals surface area contributed by atoms with Crippen LogP contribution in [0.2, 0.25) is 0 Å². The second-order valence-electron chi connectivity index (χ2n) is 4.94. The van der Waals surface area contributed by atoms with Crippen LogP contribution in [-0.2, 0) is 13.1 Å². The van der Waals surface area contributed by atoms with Gasteiger partial charge in [0.2, 0.25) is 0 Å². The fraction of sp³-hybridized carbons (Fsp3) is 0.500. The van der Waals surface area contributed by atoms with E-state index in [1.165, 1.54) is 36.8 Å². The average molecular weight is 212 g/mol. The van der Waals surface area contributed by atoms with E-state index in [4.69, 9.17) is 5.26 Å². The third-order valence-electron chi connectivity index (χ3n) is 3.92. The van der Waals surface area contributed by atoms with Gasteiger partial charge < -0.3 is 0 Å². The topological polar surface area (TPSA) is 27.0 Å². The van der Waals surface area contributed by atoms with Gasteiger partial charge in [0.15, 0.2) is 0 Å². The third kappa shape index (κ3) is 1.62. The van der Waals surface area contributed by atoms with Gasteiger partial charge in [0.05, 0.1) is 11.6 Å². The minimum absolute atomic E-state index is 0.790. The van der Waals surface area contributed by atoms with Crippen LogP contribution in [-0.4, -0.2) is 10.9 Å². The normalized spacial score (nSPS) is 20.9. The molecule has 0 radical (unpaired) electrons. The summed E-state index contributed by atoms with van der Waals surface area (Å²) in [5, 5.41) is 8.88. The van der Waals surface area contributed by atoms with Crippen LogP contribution < -0.4 is 0 Å². The fourth-order valence-electron chi connectivity index (χ4n) is 3.02. The Hall–Kier alpha value is -1.33. The maximum absolute atomic E-state index is 8.88. The molecule has 2 nitrogen and oxygen atoms in total. The predicted molar refractivity (Wildman–Crippen MR) is 62.7 cm³/mol. The van der Waals surface area contributed by atoms with E-state index in [9.17, 15) is 0 Å². The molecule has 1 fully saturated rings. The van der Waals surface area contributed by atoms with Crippen molar-refractivity contribution in [1.82, 2.24) is 4.90 Å². The standard InChI is InChI=1S/C14H16N2/c15-8-11-5-6-12-9-16(10-13(12)7-11)14-3-1-2-4-14/h5-7,14H,1-4,9-10H2. The smallest absolute Gasteiger partial charge is 0.0991 e. The number of hydrogen-bond acceptors (Lipinski definition) is 2. The van der Waals surface area contributed by atoms with Crippen LogP contribution in [0, 0.1) is 11.3 Å². The van der Waals surface area contributed by atoms with Gasteiger partial charge in [-0.15, -0.1) is 0 Å². The Morgan fingerprint density at radius 1 is 1.12 bits per heavy atom. The maximum Gasteiger partial charge on any atom is 0.0991 e. The van der Waals surface area contributed by atoms with Gasteiger partial charge >= 0.3 is 0 Å². The number of nitriles is 1. The van der Waals surface area contributed by atoms with E-state index in [1.54, 1.807) is 0 Å². The predicted octanol–water partition coefficient (Wildman–Crippen LogP) is 2.82. The zero-order valence-corrected chi connectivity index (χ0v) is 9.45. The second kappa shape index (κ2) is 3.92. The molecule has 82 valence electrons. The van der Waals surface area contributed by atoms with Crippen LogP contribution in [0.5, 0.6) is 0 Å². The molecule has 2 aliphatic rings. The lowest BCUT2D eigenvalue weighted by molar-refractivity contribution is 0.202. The third-order valence-corrected chi connectivity index (χ3v) is 3.92. The lowest BCUT2D eigenvalue weighted by Crippen LogP contribution is -2.27. The Balaban J connectivity index is 1.81. The quantitative estimate of drug-likeness (QED) is 0.715. The molecule has 3 rings (SSSR count). The molecule has 1 aromatic rings. The number of rotatable bonds is 1. The Bertz CT molecular complexity index is 439. The highest BCUT2D eigenvalue weighted by molar-refractivity contribution is 5.40.